The molecule has 0 spiro atoms. The number of rotatable bonds is 8. The summed E-state index contributed by atoms with van der Waals surface area (Å²) in [5.41, 5.74) is 1.87. The van der Waals surface area contributed by atoms with Gasteiger partial charge in [0.1, 0.15) is 0 Å². The molecular weight excluding hydrogens is 384 g/mol. The van der Waals surface area contributed by atoms with Crippen LogP contribution in [0.3, 0.4) is 0 Å². The molecule has 0 aliphatic carbocycles. The van der Waals surface area contributed by atoms with Gasteiger partial charge < -0.3 is 5.32 Å². The van der Waals surface area contributed by atoms with E-state index in [4.69, 9.17) is 0 Å². The number of anilines is 1. The number of thioether (sulfide) groups is 1. The van der Waals surface area contributed by atoms with Gasteiger partial charge in [-0.05, 0) is 30.0 Å². The van der Waals surface area contributed by atoms with Crippen LogP contribution in [-0.4, -0.2) is 31.7 Å². The highest BCUT2D eigenvalue weighted by molar-refractivity contribution is 8.00. The third-order valence-electron chi connectivity index (χ3n) is 3.50. The maximum Gasteiger partial charge on any atom is 0.206 e. The summed E-state index contributed by atoms with van der Waals surface area (Å²) in [5, 5.41) is 23.5. The predicted molar refractivity (Wildman–Crippen MR) is 107 cm³/mol. The van der Waals surface area contributed by atoms with Crippen LogP contribution >= 0.6 is 34.4 Å². The summed E-state index contributed by atoms with van der Waals surface area (Å²) in [5.74, 6) is 0.719. The number of nitrogens with one attached hydrogen (secondary N) is 1. The molecule has 4 aromatic rings. The summed E-state index contributed by atoms with van der Waals surface area (Å²) in [6, 6.07) is 14.1. The van der Waals surface area contributed by atoms with E-state index in [1.165, 1.54) is 4.88 Å². The maximum absolute atomic E-state index is 4.51. The summed E-state index contributed by atoms with van der Waals surface area (Å²) in [4.78, 5) is 3.02. The standard InChI is InChI=1S/C17H16N6S3/c1-2-5-14(6-3-1)23-19-11-13(22-23)12-25-17-21-20-16(26-17)18-9-8-15-7-4-10-24-15/h1-7,10-11H,8-9,12H2,(H,18,20). The number of benzene rings is 1. The van der Waals surface area contributed by atoms with E-state index < -0.39 is 0 Å². The van der Waals surface area contributed by atoms with Crippen LogP contribution in [0.5, 0.6) is 0 Å². The van der Waals surface area contributed by atoms with Crippen molar-refractivity contribution in [2.24, 2.45) is 0 Å². The van der Waals surface area contributed by atoms with E-state index in [0.29, 0.717) is 0 Å². The summed E-state index contributed by atoms with van der Waals surface area (Å²) in [6.45, 7) is 0.866. The molecule has 9 heteroatoms. The van der Waals surface area contributed by atoms with Crippen LogP contribution in [0, 0.1) is 0 Å². The van der Waals surface area contributed by atoms with Crippen molar-refractivity contribution in [1.82, 2.24) is 25.2 Å². The molecule has 132 valence electrons. The Morgan fingerprint density at radius 2 is 2.00 bits per heavy atom. The molecule has 0 aliphatic rings. The fourth-order valence-corrected chi connectivity index (χ4v) is 4.63. The zero-order chi connectivity index (χ0) is 17.6. The minimum Gasteiger partial charge on any atom is -0.360 e. The van der Waals surface area contributed by atoms with Crippen LogP contribution in [0.1, 0.15) is 10.6 Å². The van der Waals surface area contributed by atoms with Crippen LogP contribution in [-0.2, 0) is 12.2 Å². The van der Waals surface area contributed by atoms with Crippen molar-refractivity contribution in [3.8, 4) is 5.69 Å². The van der Waals surface area contributed by atoms with Gasteiger partial charge in [0.2, 0.25) is 5.13 Å². The first-order chi connectivity index (χ1) is 12.9. The second kappa shape index (κ2) is 8.43. The largest absolute Gasteiger partial charge is 0.360 e. The number of hydrogen-bond donors (Lipinski definition) is 1. The molecule has 0 aliphatic heterocycles. The fourth-order valence-electron chi connectivity index (χ4n) is 2.27. The van der Waals surface area contributed by atoms with Crippen molar-refractivity contribution in [3.05, 3.63) is 64.6 Å². The van der Waals surface area contributed by atoms with Crippen LogP contribution < -0.4 is 5.32 Å². The number of thiophene rings is 1. The van der Waals surface area contributed by atoms with E-state index in [1.807, 2.05) is 30.3 Å². The normalized spacial score (nSPS) is 10.9. The lowest BCUT2D eigenvalue weighted by Crippen LogP contribution is -2.03. The zero-order valence-corrected chi connectivity index (χ0v) is 16.2. The van der Waals surface area contributed by atoms with E-state index in [9.17, 15) is 0 Å². The Morgan fingerprint density at radius 1 is 1.08 bits per heavy atom. The number of aromatic nitrogens is 5. The highest BCUT2D eigenvalue weighted by Gasteiger charge is 2.08. The summed E-state index contributed by atoms with van der Waals surface area (Å²) >= 11 is 4.97. The molecule has 3 aromatic heterocycles. The topological polar surface area (TPSA) is 68.5 Å². The zero-order valence-electron chi connectivity index (χ0n) is 13.8. The fraction of sp³-hybridized carbons (Fsp3) is 0.176. The van der Waals surface area contributed by atoms with Gasteiger partial charge in [-0.25, -0.2) is 0 Å². The van der Waals surface area contributed by atoms with E-state index in [1.54, 1.807) is 45.4 Å². The molecule has 0 amide bonds. The molecule has 1 N–H and O–H groups in total. The van der Waals surface area contributed by atoms with Gasteiger partial charge in [0, 0.05) is 17.2 Å². The van der Waals surface area contributed by atoms with Gasteiger partial charge in [-0.3, -0.25) is 0 Å². The Morgan fingerprint density at radius 3 is 2.85 bits per heavy atom. The first-order valence-electron chi connectivity index (χ1n) is 8.06. The molecule has 4 rings (SSSR count). The Kier molecular flexibility index (Phi) is 5.58. The van der Waals surface area contributed by atoms with Gasteiger partial charge in [0.05, 0.1) is 17.6 Å². The Labute approximate surface area is 163 Å². The van der Waals surface area contributed by atoms with Gasteiger partial charge >= 0.3 is 0 Å². The van der Waals surface area contributed by atoms with Crippen molar-refractivity contribution in [1.29, 1.82) is 0 Å². The van der Waals surface area contributed by atoms with E-state index in [0.717, 1.165) is 39.6 Å². The van der Waals surface area contributed by atoms with Gasteiger partial charge in [-0.1, -0.05) is 47.4 Å². The Hall–Kier alpha value is -2.23. The molecule has 0 saturated carbocycles. The molecular formula is C17H16N6S3. The first kappa shape index (κ1) is 17.2. The van der Waals surface area contributed by atoms with E-state index in [2.05, 4.69) is 43.2 Å². The molecule has 6 nitrogen and oxygen atoms in total. The van der Waals surface area contributed by atoms with Gasteiger partial charge in [-0.15, -0.1) is 21.5 Å². The SMILES string of the molecule is c1ccc(-n2ncc(CSc3nnc(NCCc4cccs4)s3)n2)cc1. The average Bonchev–Trinajstić information content (AvgIpc) is 3.43. The molecule has 0 saturated heterocycles. The first-order valence-corrected chi connectivity index (χ1v) is 10.7. The lowest BCUT2D eigenvalue weighted by molar-refractivity contribution is 0.745. The van der Waals surface area contributed by atoms with Crippen molar-refractivity contribution >= 4 is 39.6 Å². The van der Waals surface area contributed by atoms with Crippen molar-refractivity contribution in [3.63, 3.8) is 0 Å². The maximum atomic E-state index is 4.51. The quantitative estimate of drug-likeness (QED) is 0.449. The monoisotopic (exact) mass is 400 g/mol. The molecule has 0 bridgehead atoms. The third kappa shape index (κ3) is 4.48. The van der Waals surface area contributed by atoms with Gasteiger partial charge in [0.15, 0.2) is 4.34 Å². The molecule has 0 atom stereocenters. The Balaban J connectivity index is 1.27. The number of para-hydroxylation sites is 1. The van der Waals surface area contributed by atoms with Crippen molar-refractivity contribution < 1.29 is 0 Å². The second-order valence-corrected chi connectivity index (χ2v) is 8.61. The smallest absolute Gasteiger partial charge is 0.206 e. The van der Waals surface area contributed by atoms with Crippen LogP contribution in [0.25, 0.3) is 5.69 Å². The number of nitrogens with zero attached hydrogens (tertiary/aromatic N) is 5. The molecule has 26 heavy (non-hydrogen) atoms. The molecule has 1 aromatic carbocycles. The van der Waals surface area contributed by atoms with E-state index in [-0.39, 0.29) is 0 Å². The second-order valence-electron chi connectivity index (χ2n) is 5.38. The summed E-state index contributed by atoms with van der Waals surface area (Å²) < 4.78 is 0.929. The van der Waals surface area contributed by atoms with Gasteiger partial charge in [-0.2, -0.15) is 15.0 Å². The summed E-state index contributed by atoms with van der Waals surface area (Å²) in [7, 11) is 0. The molecule has 0 radical (unpaired) electrons. The predicted octanol–water partition coefficient (Wildman–Crippen LogP) is 4.13. The Bertz CT molecular complexity index is 933. The lowest BCUT2D eigenvalue weighted by atomic mass is 10.3. The molecule has 0 unspecified atom stereocenters. The van der Waals surface area contributed by atoms with Crippen LogP contribution in [0.4, 0.5) is 5.13 Å². The van der Waals surface area contributed by atoms with Crippen LogP contribution in [0.2, 0.25) is 0 Å². The van der Waals surface area contributed by atoms with E-state index >= 15 is 0 Å². The highest BCUT2D eigenvalue weighted by atomic mass is 32.2. The average molecular weight is 401 g/mol. The highest BCUT2D eigenvalue weighted by Crippen LogP contribution is 2.27. The van der Waals surface area contributed by atoms with Crippen molar-refractivity contribution in [2.45, 2.75) is 16.5 Å². The minimum atomic E-state index is 0.719. The van der Waals surface area contributed by atoms with Crippen LogP contribution in [0.15, 0.2) is 58.4 Å². The summed E-state index contributed by atoms with van der Waals surface area (Å²) in [6.07, 6.45) is 2.80. The number of hydrogen-bond acceptors (Lipinski definition) is 8. The molecule has 3 heterocycles. The molecule has 0 fully saturated rings. The van der Waals surface area contributed by atoms with Crippen molar-refractivity contribution in [2.75, 3.05) is 11.9 Å². The lowest BCUT2D eigenvalue weighted by Gasteiger charge is -1.99. The minimum absolute atomic E-state index is 0.719. The van der Waals surface area contributed by atoms with Gasteiger partial charge in [0.25, 0.3) is 0 Å². The third-order valence-corrected chi connectivity index (χ3v) is 6.49.